The van der Waals surface area contributed by atoms with Gasteiger partial charge in [0.2, 0.25) is 0 Å². The number of carboxylic acids is 1. The fourth-order valence-corrected chi connectivity index (χ4v) is 4.05. The van der Waals surface area contributed by atoms with Crippen LogP contribution in [0.5, 0.6) is 5.75 Å². The van der Waals surface area contributed by atoms with E-state index in [1.165, 1.54) is 11.1 Å². The summed E-state index contributed by atoms with van der Waals surface area (Å²) in [5.74, 6) is -0.0420. The van der Waals surface area contributed by atoms with E-state index in [1.54, 1.807) is 0 Å². The van der Waals surface area contributed by atoms with E-state index in [0.29, 0.717) is 19.3 Å². The lowest BCUT2D eigenvalue weighted by Gasteiger charge is -2.45. The van der Waals surface area contributed by atoms with Crippen LogP contribution < -0.4 is 15.8 Å². The number of rotatable bonds is 10. The molecule has 0 amide bonds. The number of unbranched alkanes of at least 4 members (excludes halogenated alkanes) is 1. The number of nitrogens with two attached hydrogens (primary N) is 1. The maximum atomic E-state index is 11.7. The summed E-state index contributed by atoms with van der Waals surface area (Å²) in [6.45, 7) is 1.51. The molecule has 1 fully saturated rings. The van der Waals surface area contributed by atoms with E-state index in [1.807, 2.05) is 6.07 Å². The van der Waals surface area contributed by atoms with Crippen LogP contribution in [0.1, 0.15) is 43.2 Å². The molecule has 1 aromatic carbocycles. The molecule has 1 aliphatic heterocycles. The van der Waals surface area contributed by atoms with Gasteiger partial charge in [-0.15, -0.1) is 0 Å². The lowest BCUT2D eigenvalue weighted by molar-refractivity contribution is -0.148. The molecule has 6 N–H and O–H groups in total. The van der Waals surface area contributed by atoms with Crippen molar-refractivity contribution < 1.29 is 24.7 Å². The molecule has 0 saturated heterocycles. The van der Waals surface area contributed by atoms with Gasteiger partial charge in [0.05, 0.1) is 6.61 Å². The van der Waals surface area contributed by atoms with Gasteiger partial charge < -0.3 is 30.9 Å². The molecule has 1 atom stereocenters. The molecular weight excluding hydrogens is 347 g/mol. The molecule has 0 unspecified atom stereocenters. The smallest absolute Gasteiger partial charge is 0.451 e. The molecule has 1 saturated carbocycles. The zero-order chi connectivity index (χ0) is 19.4. The van der Waals surface area contributed by atoms with Crippen LogP contribution in [0.4, 0.5) is 0 Å². The van der Waals surface area contributed by atoms with Crippen LogP contribution in [0.3, 0.4) is 0 Å². The first-order valence-corrected chi connectivity index (χ1v) is 9.75. The number of nitrogens with one attached hydrogen (secondary N) is 1. The van der Waals surface area contributed by atoms with E-state index in [4.69, 9.17) is 20.5 Å². The average molecular weight is 376 g/mol. The quantitative estimate of drug-likeness (QED) is 0.304. The van der Waals surface area contributed by atoms with Crippen LogP contribution in [-0.2, 0) is 17.8 Å². The maximum Gasteiger partial charge on any atom is 0.451 e. The highest BCUT2D eigenvalue weighted by molar-refractivity contribution is 6.40. The summed E-state index contributed by atoms with van der Waals surface area (Å²) in [4.78, 5) is 11.7. The van der Waals surface area contributed by atoms with Crippen molar-refractivity contribution in [1.29, 1.82) is 0 Å². The Morgan fingerprint density at radius 1 is 1.33 bits per heavy atom. The highest BCUT2D eigenvalue weighted by Gasteiger charge is 2.48. The van der Waals surface area contributed by atoms with Crippen LogP contribution in [0, 0.1) is 5.92 Å². The molecule has 1 heterocycles. The molecule has 3 rings (SSSR count). The first-order chi connectivity index (χ1) is 12.9. The van der Waals surface area contributed by atoms with Gasteiger partial charge in [-0.3, -0.25) is 4.79 Å². The third-order valence-electron chi connectivity index (χ3n) is 5.92. The minimum atomic E-state index is -1.34. The monoisotopic (exact) mass is 376 g/mol. The van der Waals surface area contributed by atoms with Gasteiger partial charge in [-0.05, 0) is 48.7 Å². The second kappa shape index (κ2) is 8.60. The van der Waals surface area contributed by atoms with Crippen molar-refractivity contribution in [2.45, 2.75) is 63.0 Å². The fraction of sp³-hybridized carbons (Fsp3) is 0.632. The standard InChI is InChI=1S/C19H29BN2O5/c21-19(18(23)24,6-1-2-7-20(25)26)15-10-16(11-15)22-12-13-3-4-17-14(9-13)5-8-27-17/h3-4,9,15-16,22,25-26H,1-2,5-8,10-12,21H2,(H,23,24)/t15?,16?,19-/m0/s1. The number of fused-ring (bicyclic) bond motifs is 1. The lowest BCUT2D eigenvalue weighted by atomic mass is 9.66. The summed E-state index contributed by atoms with van der Waals surface area (Å²) in [6.07, 6.45) is 4.19. The number of carbonyl (C=O) groups is 1. The summed E-state index contributed by atoms with van der Waals surface area (Å²) >= 11 is 0. The SMILES string of the molecule is N[C@](CCCCB(O)O)(C(=O)O)C1CC(NCc2ccc3c(c2)CCO3)C1. The molecule has 2 aliphatic rings. The van der Waals surface area contributed by atoms with Gasteiger partial charge >= 0.3 is 13.1 Å². The van der Waals surface area contributed by atoms with Crippen LogP contribution in [0.2, 0.25) is 6.32 Å². The number of ether oxygens (including phenoxy) is 1. The Morgan fingerprint density at radius 2 is 2.11 bits per heavy atom. The third-order valence-corrected chi connectivity index (χ3v) is 5.92. The summed E-state index contributed by atoms with van der Waals surface area (Å²) in [7, 11) is -1.34. The van der Waals surface area contributed by atoms with Gasteiger partial charge in [0.25, 0.3) is 0 Å². The number of hydrogen-bond donors (Lipinski definition) is 5. The van der Waals surface area contributed by atoms with E-state index in [2.05, 4.69) is 17.4 Å². The Morgan fingerprint density at radius 3 is 2.81 bits per heavy atom. The largest absolute Gasteiger partial charge is 0.493 e. The Kier molecular flexibility index (Phi) is 6.42. The summed E-state index contributed by atoms with van der Waals surface area (Å²) < 4.78 is 5.52. The van der Waals surface area contributed by atoms with E-state index in [9.17, 15) is 9.90 Å². The molecule has 1 aliphatic carbocycles. The van der Waals surface area contributed by atoms with Crippen LogP contribution >= 0.6 is 0 Å². The lowest BCUT2D eigenvalue weighted by Crippen LogP contribution is -2.61. The van der Waals surface area contributed by atoms with Gasteiger partial charge in [0.15, 0.2) is 0 Å². The van der Waals surface area contributed by atoms with E-state index < -0.39 is 18.6 Å². The Labute approximate surface area is 160 Å². The number of aliphatic carboxylic acids is 1. The molecule has 0 aromatic heterocycles. The molecule has 0 radical (unpaired) electrons. The molecule has 8 heteroatoms. The van der Waals surface area contributed by atoms with Crippen molar-refractivity contribution in [3.63, 3.8) is 0 Å². The number of hydrogen-bond acceptors (Lipinski definition) is 6. The predicted octanol–water partition coefficient (Wildman–Crippen LogP) is 0.915. The Hall–Kier alpha value is -1.61. The van der Waals surface area contributed by atoms with Crippen LogP contribution in [-0.4, -0.2) is 46.4 Å². The van der Waals surface area contributed by atoms with Crippen molar-refractivity contribution in [3.8, 4) is 5.75 Å². The van der Waals surface area contributed by atoms with Crippen molar-refractivity contribution in [2.24, 2.45) is 11.7 Å². The summed E-state index contributed by atoms with van der Waals surface area (Å²) in [5.41, 5.74) is 7.46. The molecule has 7 nitrogen and oxygen atoms in total. The van der Waals surface area contributed by atoms with Crippen LogP contribution in [0.25, 0.3) is 0 Å². The predicted molar refractivity (Wildman–Crippen MR) is 102 cm³/mol. The Balaban J connectivity index is 1.44. The molecule has 0 bridgehead atoms. The molecule has 1 aromatic rings. The minimum absolute atomic E-state index is 0.0556. The van der Waals surface area contributed by atoms with Gasteiger partial charge in [0.1, 0.15) is 11.3 Å². The van der Waals surface area contributed by atoms with Gasteiger partial charge in [0, 0.05) is 19.0 Å². The molecule has 27 heavy (non-hydrogen) atoms. The van der Waals surface area contributed by atoms with E-state index in [-0.39, 0.29) is 18.3 Å². The fourth-order valence-electron chi connectivity index (χ4n) is 4.05. The summed E-state index contributed by atoms with van der Waals surface area (Å²) in [5, 5.41) is 30.9. The maximum absolute atomic E-state index is 11.7. The van der Waals surface area contributed by atoms with Gasteiger partial charge in [-0.1, -0.05) is 25.0 Å². The highest BCUT2D eigenvalue weighted by atomic mass is 16.5. The first-order valence-electron chi connectivity index (χ1n) is 9.75. The minimum Gasteiger partial charge on any atom is -0.493 e. The normalized spacial score (nSPS) is 23.1. The van der Waals surface area contributed by atoms with Crippen molar-refractivity contribution in [2.75, 3.05) is 6.61 Å². The number of carboxylic acid groups (broad SMARTS) is 1. The second-order valence-electron chi connectivity index (χ2n) is 7.86. The average Bonchev–Trinajstić information content (AvgIpc) is 3.04. The van der Waals surface area contributed by atoms with Gasteiger partial charge in [-0.2, -0.15) is 0 Å². The van der Waals surface area contributed by atoms with E-state index >= 15 is 0 Å². The van der Waals surface area contributed by atoms with Crippen LogP contribution in [0.15, 0.2) is 18.2 Å². The Bertz CT molecular complexity index is 666. The highest BCUT2D eigenvalue weighted by Crippen LogP contribution is 2.38. The molecule has 148 valence electrons. The zero-order valence-electron chi connectivity index (χ0n) is 15.6. The molecular formula is C19H29BN2O5. The van der Waals surface area contributed by atoms with Crippen molar-refractivity contribution in [1.82, 2.24) is 5.32 Å². The van der Waals surface area contributed by atoms with Crippen molar-refractivity contribution >= 4 is 13.1 Å². The summed E-state index contributed by atoms with van der Waals surface area (Å²) in [6, 6.07) is 6.53. The second-order valence-corrected chi connectivity index (χ2v) is 7.86. The van der Waals surface area contributed by atoms with Crippen molar-refractivity contribution in [3.05, 3.63) is 29.3 Å². The third kappa shape index (κ3) is 4.82. The number of benzene rings is 1. The topological polar surface area (TPSA) is 125 Å². The first kappa shape index (κ1) is 20.1. The zero-order valence-corrected chi connectivity index (χ0v) is 15.6. The van der Waals surface area contributed by atoms with E-state index in [0.717, 1.165) is 38.2 Å². The van der Waals surface area contributed by atoms with Gasteiger partial charge in [-0.25, -0.2) is 0 Å². The molecule has 0 spiro atoms.